The number of anilines is 2. The second kappa shape index (κ2) is 9.19. The normalized spacial score (nSPS) is 13.6. The van der Waals surface area contributed by atoms with Crippen molar-refractivity contribution in [1.82, 2.24) is 0 Å². The number of hydrogen-bond donors (Lipinski definition) is 1. The number of fused-ring (bicyclic) bond motifs is 1. The molecule has 29 heavy (non-hydrogen) atoms. The number of methoxy groups -OCH3 is 1. The number of sulfone groups is 1. The summed E-state index contributed by atoms with van der Waals surface area (Å²) >= 11 is 0. The van der Waals surface area contributed by atoms with E-state index in [1.807, 2.05) is 6.07 Å². The van der Waals surface area contributed by atoms with Gasteiger partial charge < -0.3 is 15.0 Å². The van der Waals surface area contributed by atoms with Crippen molar-refractivity contribution < 1.29 is 22.7 Å². The Bertz CT molecular complexity index is 989. The van der Waals surface area contributed by atoms with Crippen LogP contribution in [0.5, 0.6) is 0 Å². The van der Waals surface area contributed by atoms with E-state index in [-0.39, 0.29) is 29.6 Å². The number of aryl methyl sites for hydroxylation is 1. The number of rotatable bonds is 7. The maximum absolute atomic E-state index is 12.3. The highest BCUT2D eigenvalue weighted by Gasteiger charge is 2.23. The quantitative estimate of drug-likeness (QED) is 0.748. The molecule has 1 aliphatic heterocycles. The van der Waals surface area contributed by atoms with Gasteiger partial charge in [0.1, 0.15) is 6.61 Å². The van der Waals surface area contributed by atoms with Crippen LogP contribution in [0.15, 0.2) is 53.4 Å². The molecule has 154 valence electrons. The fourth-order valence-electron chi connectivity index (χ4n) is 3.31. The molecule has 2 amide bonds. The molecule has 3 rings (SSSR count). The van der Waals surface area contributed by atoms with Gasteiger partial charge >= 0.3 is 0 Å². The molecular weight excluding hydrogens is 392 g/mol. The van der Waals surface area contributed by atoms with E-state index < -0.39 is 15.7 Å². The van der Waals surface area contributed by atoms with Crippen LogP contribution in [-0.2, 0) is 30.6 Å². The summed E-state index contributed by atoms with van der Waals surface area (Å²) in [5.74, 6) is -0.799. The summed E-state index contributed by atoms with van der Waals surface area (Å²) in [5, 5.41) is 2.73. The minimum absolute atomic E-state index is 0.00658. The maximum Gasteiger partial charge on any atom is 0.252 e. The van der Waals surface area contributed by atoms with Gasteiger partial charge in [-0.2, -0.15) is 0 Å². The monoisotopic (exact) mass is 416 g/mol. The first kappa shape index (κ1) is 21.0. The second-order valence-corrected chi connectivity index (χ2v) is 8.96. The van der Waals surface area contributed by atoms with Crippen LogP contribution in [-0.4, -0.2) is 46.2 Å². The zero-order valence-corrected chi connectivity index (χ0v) is 17.1. The summed E-state index contributed by atoms with van der Waals surface area (Å²) in [6.07, 6.45) is 1.57. The number of amides is 2. The number of carbonyl (C=O) groups is 2. The third-order valence-electron chi connectivity index (χ3n) is 4.76. The van der Waals surface area contributed by atoms with Crippen molar-refractivity contribution in [2.75, 3.05) is 36.2 Å². The Morgan fingerprint density at radius 3 is 2.62 bits per heavy atom. The van der Waals surface area contributed by atoms with Crippen LogP contribution in [0.1, 0.15) is 18.4 Å². The molecular formula is C21H24N2O5S. The second-order valence-electron chi connectivity index (χ2n) is 6.86. The average molecular weight is 416 g/mol. The van der Waals surface area contributed by atoms with Crippen molar-refractivity contribution in [3.8, 4) is 0 Å². The summed E-state index contributed by atoms with van der Waals surface area (Å²) < 4.78 is 29.6. The van der Waals surface area contributed by atoms with Gasteiger partial charge in [-0.1, -0.05) is 24.3 Å². The topological polar surface area (TPSA) is 92.8 Å². The highest BCUT2D eigenvalue weighted by Crippen LogP contribution is 2.30. The number of ether oxygens (including phenoxy) is 1. The first-order valence-electron chi connectivity index (χ1n) is 9.40. The Morgan fingerprint density at radius 2 is 1.90 bits per heavy atom. The Labute approximate surface area is 170 Å². The van der Waals surface area contributed by atoms with Gasteiger partial charge in [0.2, 0.25) is 5.91 Å². The molecule has 0 aliphatic carbocycles. The Hall–Kier alpha value is -2.71. The third kappa shape index (κ3) is 5.21. The van der Waals surface area contributed by atoms with E-state index in [0.717, 1.165) is 24.1 Å². The van der Waals surface area contributed by atoms with Gasteiger partial charge in [-0.25, -0.2) is 8.42 Å². The van der Waals surface area contributed by atoms with E-state index >= 15 is 0 Å². The fourth-order valence-corrected chi connectivity index (χ4v) is 4.57. The standard InChI is InChI=1S/C21H24N2O5S/c1-28-15-21(25)23-12-5-6-16-9-10-17(14-19(16)23)22-20(24)11-13-29(26,27)18-7-3-2-4-8-18/h2-4,7-10,14H,5-6,11-13,15H2,1H3,(H,22,24). The molecule has 0 fully saturated rings. The summed E-state index contributed by atoms with van der Waals surface area (Å²) in [4.78, 5) is 26.5. The molecule has 0 saturated heterocycles. The Morgan fingerprint density at radius 1 is 1.14 bits per heavy atom. The highest BCUT2D eigenvalue weighted by atomic mass is 32.2. The Kier molecular flexibility index (Phi) is 6.66. The lowest BCUT2D eigenvalue weighted by Crippen LogP contribution is -2.37. The van der Waals surface area contributed by atoms with Crippen molar-refractivity contribution >= 4 is 33.0 Å². The minimum atomic E-state index is -3.52. The van der Waals surface area contributed by atoms with Gasteiger partial charge in [-0.05, 0) is 42.7 Å². The van der Waals surface area contributed by atoms with E-state index in [0.29, 0.717) is 12.2 Å². The van der Waals surface area contributed by atoms with Gasteiger partial charge in [0.15, 0.2) is 9.84 Å². The number of nitrogens with one attached hydrogen (secondary N) is 1. The number of carbonyl (C=O) groups excluding carboxylic acids is 2. The van der Waals surface area contributed by atoms with Gasteiger partial charge in [0.25, 0.3) is 5.91 Å². The minimum Gasteiger partial charge on any atom is -0.375 e. The Balaban J connectivity index is 1.67. The maximum atomic E-state index is 12.3. The number of hydrogen-bond acceptors (Lipinski definition) is 5. The van der Waals surface area contributed by atoms with Crippen LogP contribution in [0.4, 0.5) is 11.4 Å². The smallest absolute Gasteiger partial charge is 0.252 e. The van der Waals surface area contributed by atoms with Crippen molar-refractivity contribution in [3.05, 3.63) is 54.1 Å². The number of benzene rings is 2. The van der Waals surface area contributed by atoms with Gasteiger partial charge in [0, 0.05) is 31.5 Å². The van der Waals surface area contributed by atoms with Crippen molar-refractivity contribution in [2.24, 2.45) is 0 Å². The molecule has 0 atom stereocenters. The lowest BCUT2D eigenvalue weighted by atomic mass is 10.0. The summed E-state index contributed by atoms with van der Waals surface area (Å²) in [6.45, 7) is 0.593. The molecule has 7 nitrogen and oxygen atoms in total. The fraction of sp³-hybridized carbons (Fsp3) is 0.333. The van der Waals surface area contributed by atoms with Crippen LogP contribution in [0.3, 0.4) is 0 Å². The molecule has 0 aromatic heterocycles. The van der Waals surface area contributed by atoms with E-state index in [9.17, 15) is 18.0 Å². The van der Waals surface area contributed by atoms with Crippen LogP contribution in [0.25, 0.3) is 0 Å². The molecule has 0 radical (unpaired) electrons. The lowest BCUT2D eigenvalue weighted by molar-refractivity contribution is -0.122. The van der Waals surface area contributed by atoms with Crippen molar-refractivity contribution in [3.63, 3.8) is 0 Å². The van der Waals surface area contributed by atoms with Gasteiger partial charge in [0.05, 0.1) is 10.6 Å². The SMILES string of the molecule is COCC(=O)N1CCCc2ccc(NC(=O)CCS(=O)(=O)c3ccccc3)cc21. The largest absolute Gasteiger partial charge is 0.375 e. The summed E-state index contributed by atoms with van der Waals surface area (Å²) in [7, 11) is -2.04. The van der Waals surface area contributed by atoms with Gasteiger partial charge in [-0.15, -0.1) is 0 Å². The van der Waals surface area contributed by atoms with Gasteiger partial charge in [-0.3, -0.25) is 9.59 Å². The molecule has 1 N–H and O–H groups in total. The molecule has 0 unspecified atom stereocenters. The molecule has 0 saturated carbocycles. The first-order chi connectivity index (χ1) is 13.9. The van der Waals surface area contributed by atoms with E-state index in [4.69, 9.17) is 4.74 Å². The predicted octanol–water partition coefficient (Wildman–Crippen LogP) is 2.41. The van der Waals surface area contributed by atoms with E-state index in [1.54, 1.807) is 35.2 Å². The van der Waals surface area contributed by atoms with Crippen LogP contribution >= 0.6 is 0 Å². The zero-order valence-electron chi connectivity index (χ0n) is 16.3. The molecule has 1 aliphatic rings. The lowest BCUT2D eigenvalue weighted by Gasteiger charge is -2.29. The summed E-state index contributed by atoms with van der Waals surface area (Å²) in [6, 6.07) is 13.5. The predicted molar refractivity (Wildman–Crippen MR) is 111 cm³/mol. The summed E-state index contributed by atoms with van der Waals surface area (Å²) in [5.41, 5.74) is 2.32. The molecule has 0 bridgehead atoms. The van der Waals surface area contributed by atoms with Crippen molar-refractivity contribution in [2.45, 2.75) is 24.2 Å². The van der Waals surface area contributed by atoms with Crippen LogP contribution in [0, 0.1) is 0 Å². The number of nitrogens with zero attached hydrogens (tertiary/aromatic N) is 1. The molecule has 0 spiro atoms. The molecule has 2 aromatic carbocycles. The van der Waals surface area contributed by atoms with Crippen LogP contribution in [0.2, 0.25) is 0 Å². The van der Waals surface area contributed by atoms with Crippen molar-refractivity contribution in [1.29, 1.82) is 0 Å². The third-order valence-corrected chi connectivity index (χ3v) is 6.49. The van der Waals surface area contributed by atoms with Crippen LogP contribution < -0.4 is 10.2 Å². The van der Waals surface area contributed by atoms with E-state index in [1.165, 1.54) is 19.2 Å². The molecule has 2 aromatic rings. The zero-order chi connectivity index (χ0) is 20.9. The molecule has 1 heterocycles. The highest BCUT2D eigenvalue weighted by molar-refractivity contribution is 7.91. The average Bonchev–Trinajstić information content (AvgIpc) is 2.73. The van der Waals surface area contributed by atoms with E-state index in [2.05, 4.69) is 5.32 Å². The molecule has 8 heteroatoms. The first-order valence-corrected chi connectivity index (χ1v) is 11.1.